The summed E-state index contributed by atoms with van der Waals surface area (Å²) in [5.41, 5.74) is 6.79. The molecule has 0 aliphatic carbocycles. The Bertz CT molecular complexity index is 1130. The van der Waals surface area contributed by atoms with Crippen LogP contribution in [0.2, 0.25) is 4.34 Å². The molecule has 2 fully saturated rings. The second-order valence-corrected chi connectivity index (χ2v) is 9.58. The van der Waals surface area contributed by atoms with E-state index >= 15 is 0 Å². The van der Waals surface area contributed by atoms with E-state index in [1.54, 1.807) is 24.3 Å². The first-order chi connectivity index (χ1) is 16.8. The summed E-state index contributed by atoms with van der Waals surface area (Å²) >= 11 is 7.00. The monoisotopic (exact) mass is 552 g/mol. The van der Waals surface area contributed by atoms with Gasteiger partial charge in [0.2, 0.25) is 0 Å². The molecule has 2 aromatic rings. The van der Waals surface area contributed by atoms with Crippen LogP contribution in [0.5, 0.6) is 0 Å². The molecule has 2 atom stereocenters. The quantitative estimate of drug-likeness (QED) is 0.485. The molecule has 1 unspecified atom stereocenters. The number of cyclic esters (lactones) is 1. The first-order valence-electron chi connectivity index (χ1n) is 10.5. The number of benzene rings is 1. The third-order valence-corrected chi connectivity index (χ3v) is 6.44. The fraction of sp³-hybridized carbons (Fsp3) is 0.381. The molecule has 2 aliphatic heterocycles. The number of anilines is 2. The van der Waals surface area contributed by atoms with Crippen molar-refractivity contribution < 1.29 is 41.8 Å². The number of alkyl halides is 3. The third kappa shape index (κ3) is 6.98. The largest absolute Gasteiger partial charge is 0.490 e. The predicted octanol–water partition coefficient (Wildman–Crippen LogP) is 3.47. The number of halogens is 5. The van der Waals surface area contributed by atoms with Gasteiger partial charge in [-0.05, 0) is 36.8 Å². The zero-order valence-electron chi connectivity index (χ0n) is 18.4. The number of carboxylic acid groups (broad SMARTS) is 1. The molecule has 3 heterocycles. The number of amides is 2. The predicted molar refractivity (Wildman–Crippen MR) is 124 cm³/mol. The Hall–Kier alpha value is -3.10. The molecule has 2 saturated heterocycles. The number of hydrogen-bond acceptors (Lipinski definition) is 7. The van der Waals surface area contributed by atoms with Gasteiger partial charge in [0.1, 0.15) is 11.9 Å². The average Bonchev–Trinajstić information content (AvgIpc) is 3.52. The highest BCUT2D eigenvalue weighted by Gasteiger charge is 2.38. The third-order valence-electron chi connectivity index (χ3n) is 5.21. The summed E-state index contributed by atoms with van der Waals surface area (Å²) in [7, 11) is 0. The van der Waals surface area contributed by atoms with E-state index in [2.05, 4.69) is 5.32 Å². The molecule has 1 aromatic carbocycles. The molecule has 9 nitrogen and oxygen atoms in total. The maximum absolute atomic E-state index is 14.6. The maximum Gasteiger partial charge on any atom is 0.490 e. The van der Waals surface area contributed by atoms with Gasteiger partial charge in [-0.1, -0.05) is 11.6 Å². The lowest BCUT2D eigenvalue weighted by molar-refractivity contribution is -0.192. The Morgan fingerprint density at radius 3 is 2.47 bits per heavy atom. The van der Waals surface area contributed by atoms with Gasteiger partial charge in [-0.2, -0.15) is 13.2 Å². The van der Waals surface area contributed by atoms with Gasteiger partial charge in [0.05, 0.1) is 33.7 Å². The summed E-state index contributed by atoms with van der Waals surface area (Å²) in [5, 5.41) is 9.85. The fourth-order valence-electron chi connectivity index (χ4n) is 3.49. The van der Waals surface area contributed by atoms with E-state index in [0.717, 1.165) is 6.42 Å². The van der Waals surface area contributed by atoms with E-state index in [4.69, 9.17) is 32.0 Å². The summed E-state index contributed by atoms with van der Waals surface area (Å²) in [4.78, 5) is 37.0. The molecule has 4 rings (SSSR count). The smallest absolute Gasteiger partial charge is 0.475 e. The van der Waals surface area contributed by atoms with Crippen LogP contribution in [0.1, 0.15) is 16.1 Å². The van der Waals surface area contributed by atoms with E-state index in [1.165, 1.54) is 22.3 Å². The van der Waals surface area contributed by atoms with Gasteiger partial charge >= 0.3 is 18.2 Å². The van der Waals surface area contributed by atoms with Crippen molar-refractivity contribution in [2.45, 2.75) is 24.7 Å². The topological polar surface area (TPSA) is 125 Å². The summed E-state index contributed by atoms with van der Waals surface area (Å²) in [6, 6.07) is 8.00. The maximum atomic E-state index is 14.6. The number of rotatable bonds is 5. The first-order valence-corrected chi connectivity index (χ1v) is 11.7. The van der Waals surface area contributed by atoms with Gasteiger partial charge in [-0.25, -0.2) is 14.0 Å². The highest BCUT2D eigenvalue weighted by atomic mass is 35.5. The second kappa shape index (κ2) is 11.3. The molecule has 0 saturated carbocycles. The van der Waals surface area contributed by atoms with Crippen molar-refractivity contribution in [3.05, 3.63) is 45.4 Å². The van der Waals surface area contributed by atoms with Gasteiger partial charge in [0, 0.05) is 19.1 Å². The van der Waals surface area contributed by atoms with Gasteiger partial charge < -0.3 is 25.8 Å². The van der Waals surface area contributed by atoms with Crippen LogP contribution in [-0.4, -0.2) is 67.6 Å². The molecular formula is C21H21ClF4N4O5S. The van der Waals surface area contributed by atoms with E-state index in [1.807, 2.05) is 4.90 Å². The van der Waals surface area contributed by atoms with Crippen LogP contribution in [0, 0.1) is 5.82 Å². The minimum Gasteiger partial charge on any atom is -0.475 e. The van der Waals surface area contributed by atoms with E-state index in [9.17, 15) is 27.2 Å². The summed E-state index contributed by atoms with van der Waals surface area (Å²) in [6.45, 7) is 1.69. The van der Waals surface area contributed by atoms with Crippen molar-refractivity contribution in [3.63, 3.8) is 0 Å². The van der Waals surface area contributed by atoms with Crippen LogP contribution in [-0.2, 0) is 9.53 Å². The molecular weight excluding hydrogens is 532 g/mol. The lowest BCUT2D eigenvalue weighted by Gasteiger charge is -2.20. The second-order valence-electron chi connectivity index (χ2n) is 7.86. The number of hydrogen-bond donors (Lipinski definition) is 3. The van der Waals surface area contributed by atoms with Crippen LogP contribution in [0.4, 0.5) is 33.7 Å². The number of carboxylic acids is 1. The summed E-state index contributed by atoms with van der Waals surface area (Å²) in [6.07, 6.45) is -5.36. The van der Waals surface area contributed by atoms with Crippen LogP contribution < -0.4 is 20.9 Å². The zero-order chi connectivity index (χ0) is 26.6. The van der Waals surface area contributed by atoms with Crippen molar-refractivity contribution >= 4 is 52.3 Å². The van der Waals surface area contributed by atoms with Crippen molar-refractivity contribution in [1.29, 1.82) is 0 Å². The van der Waals surface area contributed by atoms with E-state index < -0.39 is 30.2 Å². The molecule has 4 N–H and O–H groups in total. The first kappa shape index (κ1) is 27.5. The summed E-state index contributed by atoms with van der Waals surface area (Å²) < 4.78 is 52.2. The Morgan fingerprint density at radius 2 is 1.94 bits per heavy atom. The molecule has 15 heteroatoms. The molecule has 0 radical (unpaired) electrons. The lowest BCUT2D eigenvalue weighted by Crippen LogP contribution is -2.34. The standard InChI is InChI=1S/C19H20ClFN4O3S.C2HF3O2/c20-17-4-3-16(29-17)18(26)23-8-13-10-25(19(27)28-13)12-1-2-15(14(21)7-12)24-6-5-11(22)9-24;3-2(4,5)1(6)7/h1-4,7,11,13H,5-6,8-10,22H2,(H,23,26);(H,6,7)/t11?,13-;/m0./s1. The number of nitrogens with two attached hydrogens (primary N) is 1. The number of carbonyl (C=O) groups excluding carboxylic acids is 2. The molecule has 0 spiro atoms. The molecule has 196 valence electrons. The minimum atomic E-state index is -5.08. The SMILES string of the molecule is NC1CCN(c2ccc(N3C[C@H](CNC(=O)c4ccc(Cl)s4)OC3=O)cc2F)C1.O=C(O)C(F)(F)F. The normalized spacial score (nSPS) is 19.6. The van der Waals surface area contributed by atoms with Crippen molar-refractivity contribution in [2.75, 3.05) is 36.0 Å². The Kier molecular flexibility index (Phi) is 8.63. The van der Waals surface area contributed by atoms with Crippen LogP contribution in [0.3, 0.4) is 0 Å². The van der Waals surface area contributed by atoms with Gasteiger partial charge in [-0.15, -0.1) is 11.3 Å². The summed E-state index contributed by atoms with van der Waals surface area (Å²) in [5.74, 6) is -3.45. The molecule has 36 heavy (non-hydrogen) atoms. The van der Waals surface area contributed by atoms with Crippen LogP contribution >= 0.6 is 22.9 Å². The number of nitrogens with one attached hydrogen (secondary N) is 1. The molecule has 1 aromatic heterocycles. The van der Waals surface area contributed by atoms with Crippen molar-refractivity contribution in [1.82, 2.24) is 5.32 Å². The van der Waals surface area contributed by atoms with Crippen molar-refractivity contribution in [3.8, 4) is 0 Å². The fourth-order valence-corrected chi connectivity index (χ4v) is 4.45. The van der Waals surface area contributed by atoms with Crippen molar-refractivity contribution in [2.24, 2.45) is 5.73 Å². The Balaban J connectivity index is 0.000000454. The number of nitrogens with zero attached hydrogens (tertiary/aromatic N) is 2. The Labute approximate surface area is 211 Å². The Morgan fingerprint density at radius 1 is 1.25 bits per heavy atom. The van der Waals surface area contributed by atoms with Gasteiger partial charge in [0.25, 0.3) is 5.91 Å². The molecule has 0 bridgehead atoms. The van der Waals surface area contributed by atoms with Gasteiger partial charge in [-0.3, -0.25) is 9.69 Å². The van der Waals surface area contributed by atoms with E-state index in [-0.39, 0.29) is 25.0 Å². The lowest BCUT2D eigenvalue weighted by atomic mass is 10.2. The highest BCUT2D eigenvalue weighted by Crippen LogP contribution is 2.29. The van der Waals surface area contributed by atoms with Gasteiger partial charge in [0.15, 0.2) is 0 Å². The van der Waals surface area contributed by atoms with Crippen LogP contribution in [0.25, 0.3) is 0 Å². The zero-order valence-corrected chi connectivity index (χ0v) is 20.0. The van der Waals surface area contributed by atoms with Crippen LogP contribution in [0.15, 0.2) is 30.3 Å². The van der Waals surface area contributed by atoms with E-state index in [0.29, 0.717) is 33.7 Å². The minimum absolute atomic E-state index is 0.0452. The highest BCUT2D eigenvalue weighted by molar-refractivity contribution is 7.18. The number of carbonyl (C=O) groups is 3. The molecule has 2 aliphatic rings. The average molecular weight is 553 g/mol. The number of aliphatic carboxylic acids is 1. The number of ether oxygens (including phenoxy) is 1. The number of thiophene rings is 1. The molecule has 2 amide bonds.